The Bertz CT molecular complexity index is 1040. The Morgan fingerprint density at radius 3 is 1.63 bits per heavy atom. The molecule has 0 saturated carbocycles. The van der Waals surface area contributed by atoms with E-state index in [4.69, 9.17) is 0 Å². The first-order valence-corrected chi connectivity index (χ1v) is 9.93. The Hall–Kier alpha value is -3.72. The molecule has 0 aliphatic heterocycles. The number of hydrogen-bond acceptors (Lipinski definition) is 1. The highest BCUT2D eigenvalue weighted by Gasteiger charge is 2.27. The summed E-state index contributed by atoms with van der Waals surface area (Å²) in [6.45, 7) is 0.364. The molecule has 0 heterocycles. The zero-order valence-electron chi connectivity index (χ0n) is 16.5. The van der Waals surface area contributed by atoms with Crippen LogP contribution in [-0.2, 0) is 6.54 Å². The molecule has 0 aromatic heterocycles. The topological polar surface area (TPSA) is 20.3 Å². The summed E-state index contributed by atoms with van der Waals surface area (Å²) < 4.78 is 13.5. The van der Waals surface area contributed by atoms with Crippen molar-refractivity contribution in [2.24, 2.45) is 0 Å². The molecule has 4 aromatic rings. The zero-order chi connectivity index (χ0) is 20.8. The first-order valence-electron chi connectivity index (χ1n) is 9.93. The molecule has 1 amide bonds. The number of carbonyl (C=O) groups excluding carboxylic acids is 1. The molecule has 0 aliphatic rings. The van der Waals surface area contributed by atoms with Crippen molar-refractivity contribution < 1.29 is 9.18 Å². The van der Waals surface area contributed by atoms with E-state index in [1.807, 2.05) is 95.9 Å². The average Bonchev–Trinajstić information content (AvgIpc) is 2.81. The lowest BCUT2D eigenvalue weighted by atomic mass is 9.95. The van der Waals surface area contributed by atoms with Crippen molar-refractivity contribution in [1.29, 1.82) is 0 Å². The van der Waals surface area contributed by atoms with Crippen LogP contribution in [-0.4, -0.2) is 10.8 Å². The maximum absolute atomic E-state index is 13.7. The molecule has 0 atom stereocenters. The highest BCUT2D eigenvalue weighted by atomic mass is 19.1. The van der Waals surface area contributed by atoms with Gasteiger partial charge in [0.25, 0.3) is 5.91 Å². The van der Waals surface area contributed by atoms with E-state index >= 15 is 0 Å². The van der Waals surface area contributed by atoms with Crippen molar-refractivity contribution >= 4 is 5.91 Å². The molecule has 4 rings (SSSR count). The van der Waals surface area contributed by atoms with Crippen LogP contribution in [0.4, 0.5) is 4.39 Å². The number of rotatable bonds is 6. The van der Waals surface area contributed by atoms with Gasteiger partial charge in [0.1, 0.15) is 5.82 Å². The lowest BCUT2D eigenvalue weighted by molar-refractivity contribution is 0.0690. The van der Waals surface area contributed by atoms with E-state index in [2.05, 4.69) is 0 Å². The minimum atomic E-state index is -0.289. The fourth-order valence-electron chi connectivity index (χ4n) is 3.64. The summed E-state index contributed by atoms with van der Waals surface area (Å²) in [6.07, 6.45) is 0. The Labute approximate surface area is 176 Å². The van der Waals surface area contributed by atoms with Crippen molar-refractivity contribution in [2.75, 3.05) is 0 Å². The summed E-state index contributed by atoms with van der Waals surface area (Å²) in [6, 6.07) is 35.3. The molecule has 0 N–H and O–H groups in total. The fourth-order valence-corrected chi connectivity index (χ4v) is 3.64. The van der Waals surface area contributed by atoms with E-state index in [0.717, 1.165) is 16.7 Å². The number of nitrogens with zero attached hydrogens (tertiary/aromatic N) is 1. The molecule has 148 valence electrons. The van der Waals surface area contributed by atoms with Crippen molar-refractivity contribution in [1.82, 2.24) is 4.90 Å². The van der Waals surface area contributed by atoms with Gasteiger partial charge < -0.3 is 4.90 Å². The van der Waals surface area contributed by atoms with Crippen molar-refractivity contribution in [3.63, 3.8) is 0 Å². The normalized spacial score (nSPS) is 10.7. The van der Waals surface area contributed by atoms with Crippen LogP contribution < -0.4 is 0 Å². The summed E-state index contributed by atoms with van der Waals surface area (Å²) in [5.74, 6) is -0.361. The van der Waals surface area contributed by atoms with Crippen molar-refractivity contribution in [2.45, 2.75) is 12.6 Å². The maximum atomic E-state index is 13.7. The van der Waals surface area contributed by atoms with Crippen molar-refractivity contribution in [3.8, 4) is 0 Å². The number of carbonyl (C=O) groups is 1. The minimum Gasteiger partial charge on any atom is -0.323 e. The largest absolute Gasteiger partial charge is 0.323 e. The van der Waals surface area contributed by atoms with E-state index in [0.29, 0.717) is 12.1 Å². The molecule has 0 aliphatic carbocycles. The Kier molecular flexibility index (Phi) is 6.00. The van der Waals surface area contributed by atoms with Gasteiger partial charge in [-0.3, -0.25) is 4.79 Å². The van der Waals surface area contributed by atoms with Crippen LogP contribution in [0.1, 0.15) is 33.1 Å². The predicted octanol–water partition coefficient (Wildman–Crippen LogP) is 6.26. The molecule has 0 spiro atoms. The van der Waals surface area contributed by atoms with Crippen LogP contribution in [0.5, 0.6) is 0 Å². The third-order valence-electron chi connectivity index (χ3n) is 5.09. The summed E-state index contributed by atoms with van der Waals surface area (Å²) in [7, 11) is 0. The standard InChI is InChI=1S/C27H22FNO/c28-25-18-16-21(17-19-25)20-29(27(30)24-14-8-3-9-15-24)26(22-10-4-1-5-11-22)23-12-6-2-7-13-23/h1-19,26H,20H2. The second-order valence-electron chi connectivity index (χ2n) is 7.15. The molecular weight excluding hydrogens is 373 g/mol. The number of halogens is 1. The molecule has 0 radical (unpaired) electrons. The van der Waals surface area contributed by atoms with Gasteiger partial charge in [-0.15, -0.1) is 0 Å². The van der Waals surface area contributed by atoms with E-state index in [9.17, 15) is 9.18 Å². The van der Waals surface area contributed by atoms with Gasteiger partial charge in [-0.1, -0.05) is 91.0 Å². The van der Waals surface area contributed by atoms with Crippen LogP contribution in [0.15, 0.2) is 115 Å². The van der Waals surface area contributed by atoms with Crippen LogP contribution in [0, 0.1) is 5.82 Å². The summed E-state index contributed by atoms with van der Waals surface area (Å²) in [5.41, 5.74) is 3.54. The highest BCUT2D eigenvalue weighted by Crippen LogP contribution is 2.31. The Balaban J connectivity index is 1.82. The molecule has 2 nitrogen and oxygen atoms in total. The number of hydrogen-bond donors (Lipinski definition) is 0. The highest BCUT2D eigenvalue weighted by molar-refractivity contribution is 5.94. The van der Waals surface area contributed by atoms with Gasteiger partial charge in [0, 0.05) is 12.1 Å². The first kappa shape index (κ1) is 19.6. The Morgan fingerprint density at radius 2 is 1.13 bits per heavy atom. The molecular formula is C27H22FNO. The predicted molar refractivity (Wildman–Crippen MR) is 117 cm³/mol. The molecule has 30 heavy (non-hydrogen) atoms. The molecule has 0 saturated heterocycles. The fraction of sp³-hybridized carbons (Fsp3) is 0.0741. The van der Waals surface area contributed by atoms with E-state index in [-0.39, 0.29) is 17.8 Å². The summed E-state index contributed by atoms with van der Waals surface area (Å²) in [4.78, 5) is 15.5. The third kappa shape index (κ3) is 4.47. The lowest BCUT2D eigenvalue weighted by Gasteiger charge is -2.33. The number of benzene rings is 4. The maximum Gasteiger partial charge on any atom is 0.254 e. The first-order chi connectivity index (χ1) is 14.7. The molecule has 0 bridgehead atoms. The summed E-state index contributed by atoms with van der Waals surface area (Å²) in [5, 5.41) is 0. The van der Waals surface area contributed by atoms with Crippen LogP contribution >= 0.6 is 0 Å². The van der Waals surface area contributed by atoms with Crippen LogP contribution in [0.25, 0.3) is 0 Å². The summed E-state index contributed by atoms with van der Waals surface area (Å²) >= 11 is 0. The average molecular weight is 395 g/mol. The van der Waals surface area contributed by atoms with Gasteiger partial charge in [0.15, 0.2) is 0 Å². The van der Waals surface area contributed by atoms with Gasteiger partial charge in [-0.2, -0.15) is 0 Å². The SMILES string of the molecule is O=C(c1ccccc1)N(Cc1ccc(F)cc1)C(c1ccccc1)c1ccccc1. The second-order valence-corrected chi connectivity index (χ2v) is 7.15. The molecule has 0 fully saturated rings. The third-order valence-corrected chi connectivity index (χ3v) is 5.09. The van der Waals surface area contributed by atoms with Gasteiger partial charge in [0.05, 0.1) is 6.04 Å². The lowest BCUT2D eigenvalue weighted by Crippen LogP contribution is -2.35. The van der Waals surface area contributed by atoms with Crippen molar-refractivity contribution in [3.05, 3.63) is 143 Å². The second kappa shape index (κ2) is 9.19. The van der Waals surface area contributed by atoms with Gasteiger partial charge in [-0.05, 0) is 41.0 Å². The van der Waals surface area contributed by atoms with E-state index in [1.54, 1.807) is 12.1 Å². The monoisotopic (exact) mass is 395 g/mol. The number of amides is 1. The van der Waals surface area contributed by atoms with Gasteiger partial charge in [0.2, 0.25) is 0 Å². The molecule has 3 heteroatoms. The molecule has 0 unspecified atom stereocenters. The van der Waals surface area contributed by atoms with Crippen LogP contribution in [0.2, 0.25) is 0 Å². The van der Waals surface area contributed by atoms with E-state index in [1.165, 1.54) is 12.1 Å². The zero-order valence-corrected chi connectivity index (χ0v) is 16.5. The quantitative estimate of drug-likeness (QED) is 0.377. The minimum absolute atomic E-state index is 0.0716. The van der Waals surface area contributed by atoms with Crippen LogP contribution in [0.3, 0.4) is 0 Å². The van der Waals surface area contributed by atoms with Gasteiger partial charge >= 0.3 is 0 Å². The Morgan fingerprint density at radius 1 is 0.667 bits per heavy atom. The van der Waals surface area contributed by atoms with Gasteiger partial charge in [-0.25, -0.2) is 4.39 Å². The van der Waals surface area contributed by atoms with E-state index < -0.39 is 0 Å². The smallest absolute Gasteiger partial charge is 0.254 e. The molecule has 4 aromatic carbocycles.